The summed E-state index contributed by atoms with van der Waals surface area (Å²) in [5.74, 6) is -3.52. The Morgan fingerprint density at radius 1 is 0.625 bits per heavy atom. The van der Waals surface area contributed by atoms with Gasteiger partial charge in [0.05, 0.1) is 11.1 Å². The first-order valence-electron chi connectivity index (χ1n) is 10.8. The lowest BCUT2D eigenvalue weighted by atomic mass is 9.99. The van der Waals surface area contributed by atoms with E-state index in [0.29, 0.717) is 23.5 Å². The Balaban J connectivity index is 1.42. The van der Waals surface area contributed by atoms with Crippen molar-refractivity contribution in [3.8, 4) is 22.3 Å². The number of halogens is 4. The number of nitrogens with one attached hydrogen (secondary N) is 2. The van der Waals surface area contributed by atoms with E-state index >= 15 is 0 Å². The fourth-order valence-electron chi connectivity index (χ4n) is 3.57. The average Bonchev–Trinajstić information content (AvgIpc) is 3.72. The SMILES string of the molecule is Fc1c(F)c(-c2ccc(NCC3CC3)nc2)c(F)c(F)c1-c1ccc(NCC2CC2)nc1. The number of benzene rings is 1. The van der Waals surface area contributed by atoms with Crippen LogP contribution in [0.3, 0.4) is 0 Å². The number of hydrogen-bond acceptors (Lipinski definition) is 4. The summed E-state index contributed by atoms with van der Waals surface area (Å²) in [6.07, 6.45) is 7.08. The van der Waals surface area contributed by atoms with Gasteiger partial charge in [-0.25, -0.2) is 27.5 Å². The topological polar surface area (TPSA) is 49.8 Å². The van der Waals surface area contributed by atoms with Crippen molar-refractivity contribution in [1.29, 1.82) is 0 Å². The number of nitrogens with zero attached hydrogens (tertiary/aromatic N) is 2. The van der Waals surface area contributed by atoms with Gasteiger partial charge in [0.1, 0.15) is 11.6 Å². The van der Waals surface area contributed by atoms with E-state index in [2.05, 4.69) is 20.6 Å². The van der Waals surface area contributed by atoms with Gasteiger partial charge < -0.3 is 10.6 Å². The van der Waals surface area contributed by atoms with Crippen molar-refractivity contribution in [2.75, 3.05) is 23.7 Å². The number of aromatic nitrogens is 2. The number of pyridine rings is 2. The van der Waals surface area contributed by atoms with Crippen molar-refractivity contribution in [1.82, 2.24) is 9.97 Å². The molecule has 2 saturated carbocycles. The molecule has 0 aliphatic heterocycles. The average molecular weight is 442 g/mol. The third-order valence-electron chi connectivity index (χ3n) is 5.91. The number of rotatable bonds is 8. The zero-order valence-corrected chi connectivity index (χ0v) is 17.3. The van der Waals surface area contributed by atoms with Gasteiger partial charge in [0.2, 0.25) is 0 Å². The van der Waals surface area contributed by atoms with Crippen LogP contribution in [-0.2, 0) is 0 Å². The Bertz CT molecular complexity index is 1000. The molecule has 0 atom stereocenters. The van der Waals surface area contributed by atoms with E-state index in [0.717, 1.165) is 13.1 Å². The second kappa shape index (κ2) is 8.41. The van der Waals surface area contributed by atoms with Crippen LogP contribution >= 0.6 is 0 Å². The predicted octanol–water partition coefficient (Wildman–Crippen LogP) is 6.01. The van der Waals surface area contributed by atoms with Gasteiger partial charge in [0, 0.05) is 36.6 Å². The van der Waals surface area contributed by atoms with Crippen molar-refractivity contribution in [3.63, 3.8) is 0 Å². The summed E-state index contributed by atoms with van der Waals surface area (Å²) in [4.78, 5) is 8.23. The van der Waals surface area contributed by atoms with E-state index in [9.17, 15) is 17.6 Å². The molecule has 2 aliphatic rings. The summed E-state index contributed by atoms with van der Waals surface area (Å²) < 4.78 is 59.5. The van der Waals surface area contributed by atoms with Crippen LogP contribution in [0.1, 0.15) is 25.7 Å². The maximum atomic E-state index is 14.9. The Morgan fingerprint density at radius 2 is 1.00 bits per heavy atom. The maximum Gasteiger partial charge on any atom is 0.170 e. The lowest BCUT2D eigenvalue weighted by Crippen LogP contribution is -2.06. The highest BCUT2D eigenvalue weighted by molar-refractivity contribution is 5.73. The first-order chi connectivity index (χ1) is 15.5. The molecular formula is C24H22F4N4. The van der Waals surface area contributed by atoms with Crippen LogP contribution in [0, 0.1) is 35.1 Å². The second-order valence-electron chi connectivity index (χ2n) is 8.52. The highest BCUT2D eigenvalue weighted by atomic mass is 19.2. The molecule has 0 spiro atoms. The quantitative estimate of drug-likeness (QED) is 0.331. The lowest BCUT2D eigenvalue weighted by Gasteiger charge is -2.13. The van der Waals surface area contributed by atoms with Crippen LogP contribution in [0.5, 0.6) is 0 Å². The molecular weight excluding hydrogens is 420 g/mol. The standard InChI is InChI=1S/C24H22F4N4/c25-21-19(15-5-7-17(31-11-15)29-9-13-1-2-13)22(26)24(28)20(23(21)27)16-6-8-18(32-12-16)30-10-14-3-4-14/h5-8,11-14H,1-4,9-10H2,(H,29,31)(H,30,32). The molecule has 5 rings (SSSR count). The fraction of sp³-hybridized carbons (Fsp3) is 0.333. The smallest absolute Gasteiger partial charge is 0.170 e. The van der Waals surface area contributed by atoms with Gasteiger partial charge in [-0.1, -0.05) is 0 Å². The lowest BCUT2D eigenvalue weighted by molar-refractivity contribution is 0.463. The molecule has 3 aromatic rings. The first kappa shape index (κ1) is 20.7. The number of hydrogen-bond donors (Lipinski definition) is 2. The van der Waals surface area contributed by atoms with Crippen molar-refractivity contribution < 1.29 is 17.6 Å². The molecule has 0 bridgehead atoms. The molecule has 166 valence electrons. The van der Waals surface area contributed by atoms with Crippen molar-refractivity contribution in [2.45, 2.75) is 25.7 Å². The molecule has 8 heteroatoms. The van der Waals surface area contributed by atoms with Crippen molar-refractivity contribution >= 4 is 11.6 Å². The minimum atomic E-state index is -1.46. The van der Waals surface area contributed by atoms with Gasteiger partial charge in [-0.05, 0) is 61.8 Å². The highest BCUT2D eigenvalue weighted by Gasteiger charge is 2.28. The third kappa shape index (κ3) is 4.26. The van der Waals surface area contributed by atoms with E-state index in [1.165, 1.54) is 62.3 Å². The van der Waals surface area contributed by atoms with Crippen molar-refractivity contribution in [2.24, 2.45) is 11.8 Å². The molecule has 0 saturated heterocycles. The molecule has 2 N–H and O–H groups in total. The molecule has 32 heavy (non-hydrogen) atoms. The van der Waals surface area contributed by atoms with E-state index in [4.69, 9.17) is 0 Å². The van der Waals surface area contributed by atoms with Gasteiger partial charge in [0.25, 0.3) is 0 Å². The van der Waals surface area contributed by atoms with Crippen LogP contribution in [0.25, 0.3) is 22.3 Å². The summed E-state index contributed by atoms with van der Waals surface area (Å²) >= 11 is 0. The summed E-state index contributed by atoms with van der Waals surface area (Å²) in [7, 11) is 0. The van der Waals surface area contributed by atoms with Gasteiger partial charge in [-0.3, -0.25) is 0 Å². The molecule has 2 heterocycles. The zero-order valence-electron chi connectivity index (χ0n) is 17.3. The minimum Gasteiger partial charge on any atom is -0.370 e. The molecule has 0 radical (unpaired) electrons. The number of anilines is 2. The molecule has 2 fully saturated rings. The van der Waals surface area contributed by atoms with Crippen LogP contribution in [0.15, 0.2) is 36.7 Å². The first-order valence-corrected chi connectivity index (χ1v) is 10.8. The van der Waals surface area contributed by atoms with Crippen molar-refractivity contribution in [3.05, 3.63) is 59.9 Å². The molecule has 2 aromatic heterocycles. The molecule has 0 unspecified atom stereocenters. The molecule has 1 aromatic carbocycles. The van der Waals surface area contributed by atoms with Crippen LogP contribution in [-0.4, -0.2) is 23.1 Å². The fourth-order valence-corrected chi connectivity index (χ4v) is 3.57. The molecule has 0 amide bonds. The Hall–Kier alpha value is -3.16. The summed E-state index contributed by atoms with van der Waals surface area (Å²) in [6.45, 7) is 1.55. The third-order valence-corrected chi connectivity index (χ3v) is 5.91. The summed E-state index contributed by atoms with van der Waals surface area (Å²) in [5, 5.41) is 6.26. The predicted molar refractivity (Wildman–Crippen MR) is 115 cm³/mol. The van der Waals surface area contributed by atoms with E-state index in [1.54, 1.807) is 0 Å². The Labute approximate surface area is 183 Å². The monoisotopic (exact) mass is 442 g/mol. The van der Waals surface area contributed by atoms with Gasteiger partial charge >= 0.3 is 0 Å². The maximum absolute atomic E-state index is 14.9. The highest BCUT2D eigenvalue weighted by Crippen LogP contribution is 2.37. The van der Waals surface area contributed by atoms with Crippen LogP contribution in [0.2, 0.25) is 0 Å². The largest absolute Gasteiger partial charge is 0.370 e. The van der Waals surface area contributed by atoms with Crippen LogP contribution < -0.4 is 10.6 Å². The molecule has 2 aliphatic carbocycles. The Kier molecular flexibility index (Phi) is 5.45. The summed E-state index contributed by atoms with van der Waals surface area (Å²) in [6, 6.07) is 5.86. The Morgan fingerprint density at radius 3 is 1.28 bits per heavy atom. The zero-order chi connectivity index (χ0) is 22.2. The molecule has 4 nitrogen and oxygen atoms in total. The van der Waals surface area contributed by atoms with E-state index < -0.39 is 34.4 Å². The summed E-state index contributed by atoms with van der Waals surface area (Å²) in [5.41, 5.74) is -1.64. The van der Waals surface area contributed by atoms with E-state index in [1.807, 2.05) is 0 Å². The van der Waals surface area contributed by atoms with Crippen LogP contribution in [0.4, 0.5) is 29.2 Å². The minimum absolute atomic E-state index is 0.0425. The normalized spacial score (nSPS) is 15.6. The van der Waals surface area contributed by atoms with Gasteiger partial charge in [-0.2, -0.15) is 0 Å². The van der Waals surface area contributed by atoms with Gasteiger partial charge in [-0.15, -0.1) is 0 Å². The van der Waals surface area contributed by atoms with Gasteiger partial charge in [0.15, 0.2) is 23.3 Å². The van der Waals surface area contributed by atoms with E-state index in [-0.39, 0.29) is 11.1 Å². The second-order valence-corrected chi connectivity index (χ2v) is 8.52.